The SMILES string of the molecule is CSc1ccccc1NC(=O)CSc1nnc([C@H](C)Oc2ccccc2)n1C. The van der Waals surface area contributed by atoms with Gasteiger partial charge in [-0.25, -0.2) is 0 Å². The van der Waals surface area contributed by atoms with Gasteiger partial charge in [-0.1, -0.05) is 42.1 Å². The van der Waals surface area contributed by atoms with Crippen molar-refractivity contribution >= 4 is 35.1 Å². The third kappa shape index (κ3) is 5.08. The fourth-order valence-corrected chi connectivity index (χ4v) is 3.90. The molecule has 0 radical (unpaired) electrons. The molecule has 0 aliphatic carbocycles. The minimum atomic E-state index is -0.253. The zero-order valence-electron chi connectivity index (χ0n) is 16.0. The quantitative estimate of drug-likeness (QED) is 0.551. The molecule has 3 aromatic rings. The highest BCUT2D eigenvalue weighted by molar-refractivity contribution is 7.99. The lowest BCUT2D eigenvalue weighted by molar-refractivity contribution is -0.113. The highest BCUT2D eigenvalue weighted by Crippen LogP contribution is 2.26. The van der Waals surface area contributed by atoms with Gasteiger partial charge in [-0.2, -0.15) is 0 Å². The molecule has 1 heterocycles. The first-order chi connectivity index (χ1) is 13.6. The van der Waals surface area contributed by atoms with Crippen LogP contribution >= 0.6 is 23.5 Å². The third-order valence-corrected chi connectivity index (χ3v) is 5.82. The molecule has 0 unspecified atom stereocenters. The van der Waals surface area contributed by atoms with Crippen LogP contribution in [0.4, 0.5) is 5.69 Å². The smallest absolute Gasteiger partial charge is 0.234 e. The van der Waals surface area contributed by atoms with E-state index < -0.39 is 0 Å². The fraction of sp³-hybridized carbons (Fsp3) is 0.250. The Morgan fingerprint density at radius 2 is 1.86 bits per heavy atom. The van der Waals surface area contributed by atoms with Gasteiger partial charge in [0.15, 0.2) is 17.1 Å². The van der Waals surface area contributed by atoms with Crippen LogP contribution in [0.3, 0.4) is 0 Å². The second-order valence-corrected chi connectivity index (χ2v) is 7.80. The molecule has 0 spiro atoms. The average molecular weight is 415 g/mol. The lowest BCUT2D eigenvalue weighted by atomic mass is 10.3. The normalized spacial score (nSPS) is 11.8. The Kier molecular flexibility index (Phi) is 7.00. The minimum absolute atomic E-state index is 0.0790. The second kappa shape index (κ2) is 9.66. The van der Waals surface area contributed by atoms with Gasteiger partial charge in [0.2, 0.25) is 5.91 Å². The van der Waals surface area contributed by atoms with Gasteiger partial charge >= 0.3 is 0 Å². The molecule has 8 heteroatoms. The van der Waals surface area contributed by atoms with E-state index in [0.29, 0.717) is 11.0 Å². The Balaban J connectivity index is 1.59. The Hall–Kier alpha value is -2.45. The van der Waals surface area contributed by atoms with Gasteiger partial charge in [-0.05, 0) is 37.4 Å². The van der Waals surface area contributed by atoms with Gasteiger partial charge in [0, 0.05) is 11.9 Å². The average Bonchev–Trinajstić information content (AvgIpc) is 3.08. The summed E-state index contributed by atoms with van der Waals surface area (Å²) >= 11 is 2.95. The van der Waals surface area contributed by atoms with Gasteiger partial charge in [-0.15, -0.1) is 22.0 Å². The van der Waals surface area contributed by atoms with Crippen molar-refractivity contribution in [2.75, 3.05) is 17.3 Å². The number of ether oxygens (including phenoxy) is 1. The van der Waals surface area contributed by atoms with E-state index in [-0.39, 0.29) is 17.8 Å². The standard InChI is InChI=1S/C20H22N4O2S2/c1-14(26-15-9-5-4-6-10-15)19-22-23-20(24(19)2)28-13-18(25)21-16-11-7-8-12-17(16)27-3/h4-12,14H,13H2,1-3H3,(H,21,25)/t14-/m0/s1. The molecule has 1 atom stereocenters. The van der Waals surface area contributed by atoms with Gasteiger partial charge in [0.1, 0.15) is 5.75 Å². The van der Waals surface area contributed by atoms with Crippen molar-refractivity contribution in [3.63, 3.8) is 0 Å². The van der Waals surface area contributed by atoms with Crippen molar-refractivity contribution in [2.24, 2.45) is 7.05 Å². The van der Waals surface area contributed by atoms with Crippen molar-refractivity contribution in [3.05, 3.63) is 60.4 Å². The first kappa shape index (κ1) is 20.3. The summed E-state index contributed by atoms with van der Waals surface area (Å²) in [6.45, 7) is 1.93. The van der Waals surface area contributed by atoms with Crippen LogP contribution in [0.25, 0.3) is 0 Å². The first-order valence-electron chi connectivity index (χ1n) is 8.75. The van der Waals surface area contributed by atoms with Crippen molar-refractivity contribution < 1.29 is 9.53 Å². The summed E-state index contributed by atoms with van der Waals surface area (Å²) in [4.78, 5) is 13.4. The van der Waals surface area contributed by atoms with Crippen LogP contribution in [-0.4, -0.2) is 32.7 Å². The molecule has 0 aliphatic rings. The number of thioether (sulfide) groups is 2. The predicted octanol–water partition coefficient (Wildman–Crippen LogP) is 4.41. The molecule has 0 fully saturated rings. The number of carbonyl (C=O) groups excluding carboxylic acids is 1. The number of rotatable bonds is 8. The Bertz CT molecular complexity index is 931. The summed E-state index contributed by atoms with van der Waals surface area (Å²) in [5, 5.41) is 12.1. The molecule has 1 aromatic heterocycles. The largest absolute Gasteiger partial charge is 0.483 e. The summed E-state index contributed by atoms with van der Waals surface area (Å²) in [5.74, 6) is 1.66. The maximum absolute atomic E-state index is 12.3. The Morgan fingerprint density at radius 3 is 2.61 bits per heavy atom. The molecule has 1 N–H and O–H groups in total. The molecule has 0 aliphatic heterocycles. The molecule has 0 saturated heterocycles. The highest BCUT2D eigenvalue weighted by atomic mass is 32.2. The van der Waals surface area contributed by atoms with Crippen molar-refractivity contribution in [1.29, 1.82) is 0 Å². The lowest BCUT2D eigenvalue weighted by Gasteiger charge is -2.14. The van der Waals surface area contributed by atoms with E-state index in [1.54, 1.807) is 11.8 Å². The van der Waals surface area contributed by atoms with Crippen molar-refractivity contribution in [3.8, 4) is 5.75 Å². The first-order valence-corrected chi connectivity index (χ1v) is 11.0. The maximum atomic E-state index is 12.3. The molecule has 0 saturated carbocycles. The third-order valence-electron chi connectivity index (χ3n) is 4.00. The van der Waals surface area contributed by atoms with Crippen LogP contribution in [0, 0.1) is 0 Å². The number of carbonyl (C=O) groups is 1. The molecule has 28 heavy (non-hydrogen) atoms. The molecule has 0 bridgehead atoms. The number of anilines is 1. The Labute approximate surface area is 173 Å². The van der Waals surface area contributed by atoms with Gasteiger partial charge < -0.3 is 14.6 Å². The number of benzene rings is 2. The van der Waals surface area contributed by atoms with E-state index >= 15 is 0 Å². The highest BCUT2D eigenvalue weighted by Gasteiger charge is 2.18. The summed E-state index contributed by atoms with van der Waals surface area (Å²) < 4.78 is 7.77. The molecular weight excluding hydrogens is 392 g/mol. The molecular formula is C20H22N4O2S2. The van der Waals surface area contributed by atoms with E-state index in [9.17, 15) is 4.79 Å². The van der Waals surface area contributed by atoms with Crippen LogP contribution in [0.2, 0.25) is 0 Å². The van der Waals surface area contributed by atoms with E-state index in [2.05, 4.69) is 15.5 Å². The summed E-state index contributed by atoms with van der Waals surface area (Å²) in [7, 11) is 1.88. The molecule has 1 amide bonds. The molecule has 6 nitrogen and oxygen atoms in total. The number of amides is 1. The number of para-hydroxylation sites is 2. The number of hydrogen-bond acceptors (Lipinski definition) is 6. The van der Waals surface area contributed by atoms with Crippen LogP contribution in [0.5, 0.6) is 5.75 Å². The molecule has 2 aromatic carbocycles. The van der Waals surface area contributed by atoms with Gasteiger partial charge in [0.25, 0.3) is 0 Å². The van der Waals surface area contributed by atoms with Crippen LogP contribution < -0.4 is 10.1 Å². The van der Waals surface area contributed by atoms with Crippen LogP contribution in [0.1, 0.15) is 18.9 Å². The lowest BCUT2D eigenvalue weighted by Crippen LogP contribution is -2.15. The van der Waals surface area contributed by atoms with E-state index in [4.69, 9.17) is 4.74 Å². The Morgan fingerprint density at radius 1 is 1.14 bits per heavy atom. The fourth-order valence-electron chi connectivity index (χ4n) is 2.63. The number of aromatic nitrogens is 3. The number of hydrogen-bond donors (Lipinski definition) is 1. The van der Waals surface area contributed by atoms with Gasteiger partial charge in [-0.3, -0.25) is 4.79 Å². The summed E-state index contributed by atoms with van der Waals surface area (Å²) in [6, 6.07) is 17.3. The van der Waals surface area contributed by atoms with Crippen molar-refractivity contribution in [2.45, 2.75) is 23.1 Å². The minimum Gasteiger partial charge on any atom is -0.483 e. The zero-order chi connectivity index (χ0) is 19.9. The summed E-state index contributed by atoms with van der Waals surface area (Å²) in [6.07, 6.45) is 1.73. The topological polar surface area (TPSA) is 69.0 Å². The van der Waals surface area contributed by atoms with Crippen LogP contribution in [0.15, 0.2) is 64.6 Å². The van der Waals surface area contributed by atoms with Crippen LogP contribution in [-0.2, 0) is 11.8 Å². The number of nitrogens with one attached hydrogen (secondary N) is 1. The molecule has 146 valence electrons. The zero-order valence-corrected chi connectivity index (χ0v) is 17.6. The van der Waals surface area contributed by atoms with Gasteiger partial charge in [0.05, 0.1) is 11.4 Å². The predicted molar refractivity (Wildman–Crippen MR) is 114 cm³/mol. The van der Waals surface area contributed by atoms with E-state index in [1.165, 1.54) is 11.8 Å². The monoisotopic (exact) mass is 414 g/mol. The molecule has 3 rings (SSSR count). The summed E-state index contributed by atoms with van der Waals surface area (Å²) in [5.41, 5.74) is 0.823. The van der Waals surface area contributed by atoms with E-state index in [0.717, 1.165) is 16.3 Å². The second-order valence-electron chi connectivity index (χ2n) is 6.01. The van der Waals surface area contributed by atoms with E-state index in [1.807, 2.05) is 79.4 Å². The number of nitrogens with zero attached hydrogens (tertiary/aromatic N) is 3. The maximum Gasteiger partial charge on any atom is 0.234 e. The van der Waals surface area contributed by atoms with Crippen molar-refractivity contribution in [1.82, 2.24) is 14.8 Å².